The minimum absolute atomic E-state index is 0.0944. The number of esters is 1. The molecule has 0 unspecified atom stereocenters. The van der Waals surface area contributed by atoms with Gasteiger partial charge in [-0.2, -0.15) is 0 Å². The molecule has 0 saturated heterocycles. The second-order valence-corrected chi connectivity index (χ2v) is 4.82. The molecule has 1 aliphatic rings. The maximum absolute atomic E-state index is 11.9. The second-order valence-electron chi connectivity index (χ2n) is 4.82. The molecule has 0 heterocycles. The van der Waals surface area contributed by atoms with Gasteiger partial charge >= 0.3 is 5.97 Å². The van der Waals surface area contributed by atoms with Crippen LogP contribution in [0.15, 0.2) is 24.3 Å². The number of carbonyl (C=O) groups is 1. The van der Waals surface area contributed by atoms with Gasteiger partial charge in [-0.3, -0.25) is 4.79 Å². The SMILES string of the molecule is COC(=O)C1(Cc2ccc(O)cc2)CCCC1. The summed E-state index contributed by atoms with van der Waals surface area (Å²) in [6, 6.07) is 7.07. The Balaban J connectivity index is 2.18. The summed E-state index contributed by atoms with van der Waals surface area (Å²) < 4.78 is 4.95. The van der Waals surface area contributed by atoms with Gasteiger partial charge in [-0.1, -0.05) is 25.0 Å². The van der Waals surface area contributed by atoms with Crippen LogP contribution in [0.5, 0.6) is 5.75 Å². The minimum Gasteiger partial charge on any atom is -0.508 e. The maximum Gasteiger partial charge on any atom is 0.312 e. The van der Waals surface area contributed by atoms with E-state index in [4.69, 9.17) is 4.74 Å². The van der Waals surface area contributed by atoms with Gasteiger partial charge in [-0.05, 0) is 37.0 Å². The van der Waals surface area contributed by atoms with E-state index >= 15 is 0 Å². The van der Waals surface area contributed by atoms with E-state index in [0.29, 0.717) is 6.42 Å². The van der Waals surface area contributed by atoms with Gasteiger partial charge in [0.25, 0.3) is 0 Å². The molecule has 92 valence electrons. The molecular formula is C14H18O3. The second kappa shape index (κ2) is 4.78. The van der Waals surface area contributed by atoms with Gasteiger partial charge in [-0.15, -0.1) is 0 Å². The van der Waals surface area contributed by atoms with E-state index in [0.717, 1.165) is 31.2 Å². The summed E-state index contributed by atoms with van der Waals surface area (Å²) in [6.45, 7) is 0. The number of ether oxygens (including phenoxy) is 1. The standard InChI is InChI=1S/C14H18O3/c1-17-13(16)14(8-2-3-9-14)10-11-4-6-12(15)7-5-11/h4-7,15H,2-3,8-10H2,1H3. The summed E-state index contributed by atoms with van der Waals surface area (Å²) >= 11 is 0. The van der Waals surface area contributed by atoms with Crippen molar-refractivity contribution < 1.29 is 14.6 Å². The highest BCUT2D eigenvalue weighted by Gasteiger charge is 2.42. The normalized spacial score (nSPS) is 17.9. The first-order valence-electron chi connectivity index (χ1n) is 6.03. The number of carbonyl (C=O) groups excluding carboxylic acids is 1. The third-order valence-corrected chi connectivity index (χ3v) is 3.66. The molecule has 0 aromatic heterocycles. The van der Waals surface area contributed by atoms with E-state index in [1.165, 1.54) is 7.11 Å². The molecule has 3 nitrogen and oxygen atoms in total. The third-order valence-electron chi connectivity index (χ3n) is 3.66. The first-order valence-corrected chi connectivity index (χ1v) is 6.03. The first-order chi connectivity index (χ1) is 8.16. The Morgan fingerprint density at radius 2 is 1.88 bits per heavy atom. The van der Waals surface area contributed by atoms with Crippen LogP contribution in [0.2, 0.25) is 0 Å². The van der Waals surface area contributed by atoms with Gasteiger partial charge in [0.2, 0.25) is 0 Å². The molecule has 1 N–H and O–H groups in total. The predicted molar refractivity (Wildman–Crippen MR) is 64.7 cm³/mol. The lowest BCUT2D eigenvalue weighted by atomic mass is 9.80. The summed E-state index contributed by atoms with van der Waals surface area (Å²) in [4.78, 5) is 11.9. The van der Waals surface area contributed by atoms with Crippen LogP contribution in [0, 0.1) is 5.41 Å². The molecule has 2 rings (SSSR count). The molecule has 0 atom stereocenters. The van der Waals surface area contributed by atoms with E-state index in [-0.39, 0.29) is 17.1 Å². The summed E-state index contributed by atoms with van der Waals surface area (Å²) in [7, 11) is 1.46. The van der Waals surface area contributed by atoms with Gasteiger partial charge < -0.3 is 9.84 Å². The smallest absolute Gasteiger partial charge is 0.312 e. The van der Waals surface area contributed by atoms with Crippen LogP contribution in [0.1, 0.15) is 31.2 Å². The molecule has 0 aliphatic heterocycles. The van der Waals surface area contributed by atoms with Crippen molar-refractivity contribution in [2.24, 2.45) is 5.41 Å². The number of rotatable bonds is 3. The lowest BCUT2D eigenvalue weighted by Gasteiger charge is -2.25. The maximum atomic E-state index is 11.9. The molecule has 0 amide bonds. The minimum atomic E-state index is -0.342. The van der Waals surface area contributed by atoms with Gasteiger partial charge in [0.05, 0.1) is 12.5 Å². The Morgan fingerprint density at radius 1 is 1.29 bits per heavy atom. The van der Waals surface area contributed by atoms with Crippen molar-refractivity contribution in [1.29, 1.82) is 0 Å². The molecule has 1 aromatic carbocycles. The molecular weight excluding hydrogens is 216 g/mol. The van der Waals surface area contributed by atoms with E-state index in [1.807, 2.05) is 12.1 Å². The van der Waals surface area contributed by atoms with Crippen LogP contribution in [-0.2, 0) is 16.0 Å². The summed E-state index contributed by atoms with van der Waals surface area (Å²) in [5.74, 6) is 0.162. The third kappa shape index (κ3) is 2.43. The van der Waals surface area contributed by atoms with Crippen molar-refractivity contribution in [3.8, 4) is 5.75 Å². The molecule has 1 aromatic rings. The van der Waals surface area contributed by atoms with Crippen LogP contribution < -0.4 is 0 Å². The zero-order valence-electron chi connectivity index (χ0n) is 10.1. The number of phenols is 1. The number of hydrogen-bond acceptors (Lipinski definition) is 3. The van der Waals surface area contributed by atoms with Gasteiger partial charge in [-0.25, -0.2) is 0 Å². The topological polar surface area (TPSA) is 46.5 Å². The van der Waals surface area contributed by atoms with Crippen molar-refractivity contribution in [2.45, 2.75) is 32.1 Å². The fourth-order valence-electron chi connectivity index (χ4n) is 2.73. The zero-order chi connectivity index (χ0) is 12.3. The Labute approximate surface area is 101 Å². The van der Waals surface area contributed by atoms with E-state index in [1.54, 1.807) is 12.1 Å². The van der Waals surface area contributed by atoms with Gasteiger partial charge in [0, 0.05) is 0 Å². The summed E-state index contributed by atoms with van der Waals surface area (Å²) in [6.07, 6.45) is 4.70. The molecule has 0 spiro atoms. The molecule has 1 fully saturated rings. The van der Waals surface area contributed by atoms with E-state index in [9.17, 15) is 9.90 Å². The number of hydrogen-bond donors (Lipinski definition) is 1. The largest absolute Gasteiger partial charge is 0.508 e. The molecule has 1 saturated carbocycles. The van der Waals surface area contributed by atoms with Crippen LogP contribution >= 0.6 is 0 Å². The zero-order valence-corrected chi connectivity index (χ0v) is 10.1. The van der Waals surface area contributed by atoms with Gasteiger partial charge in [0.15, 0.2) is 0 Å². The fraction of sp³-hybridized carbons (Fsp3) is 0.500. The van der Waals surface area contributed by atoms with Crippen molar-refractivity contribution in [2.75, 3.05) is 7.11 Å². The quantitative estimate of drug-likeness (QED) is 0.818. The highest BCUT2D eigenvalue weighted by molar-refractivity contribution is 5.77. The highest BCUT2D eigenvalue weighted by Crippen LogP contribution is 2.42. The average molecular weight is 234 g/mol. The Kier molecular flexibility index (Phi) is 3.36. The summed E-state index contributed by atoms with van der Waals surface area (Å²) in [5, 5.41) is 9.25. The number of phenolic OH excluding ortho intramolecular Hbond substituents is 1. The Morgan fingerprint density at radius 3 is 2.41 bits per heavy atom. The average Bonchev–Trinajstić information content (AvgIpc) is 2.81. The molecule has 1 aliphatic carbocycles. The Bertz CT molecular complexity index is 388. The van der Waals surface area contributed by atoms with Crippen molar-refractivity contribution in [3.05, 3.63) is 29.8 Å². The molecule has 3 heteroatoms. The van der Waals surface area contributed by atoms with Crippen molar-refractivity contribution in [3.63, 3.8) is 0 Å². The molecule has 0 radical (unpaired) electrons. The van der Waals surface area contributed by atoms with Crippen molar-refractivity contribution in [1.82, 2.24) is 0 Å². The lowest BCUT2D eigenvalue weighted by molar-refractivity contribution is -0.152. The monoisotopic (exact) mass is 234 g/mol. The fourth-order valence-corrected chi connectivity index (χ4v) is 2.73. The van der Waals surface area contributed by atoms with E-state index < -0.39 is 0 Å². The Hall–Kier alpha value is -1.51. The molecule has 0 bridgehead atoms. The van der Waals surface area contributed by atoms with Crippen LogP contribution in [0.25, 0.3) is 0 Å². The lowest BCUT2D eigenvalue weighted by Crippen LogP contribution is -2.31. The highest BCUT2D eigenvalue weighted by atomic mass is 16.5. The van der Waals surface area contributed by atoms with Crippen molar-refractivity contribution >= 4 is 5.97 Å². The van der Waals surface area contributed by atoms with Crippen LogP contribution in [0.4, 0.5) is 0 Å². The number of methoxy groups -OCH3 is 1. The predicted octanol–water partition coefficient (Wildman–Crippen LogP) is 2.67. The first kappa shape index (κ1) is 12.0. The van der Waals surface area contributed by atoms with Crippen LogP contribution in [-0.4, -0.2) is 18.2 Å². The van der Waals surface area contributed by atoms with E-state index in [2.05, 4.69) is 0 Å². The number of benzene rings is 1. The number of aromatic hydroxyl groups is 1. The van der Waals surface area contributed by atoms with Crippen LogP contribution in [0.3, 0.4) is 0 Å². The summed E-state index contributed by atoms with van der Waals surface area (Å²) in [5.41, 5.74) is 0.737. The molecule has 17 heavy (non-hydrogen) atoms. The van der Waals surface area contributed by atoms with Gasteiger partial charge in [0.1, 0.15) is 5.75 Å².